The highest BCUT2D eigenvalue weighted by Gasteiger charge is 2.31. The summed E-state index contributed by atoms with van der Waals surface area (Å²) in [7, 11) is 0. The molecule has 0 aliphatic heterocycles. The monoisotopic (exact) mass is 278 g/mol. The van der Waals surface area contributed by atoms with Gasteiger partial charge in [-0.2, -0.15) is 0 Å². The van der Waals surface area contributed by atoms with E-state index in [1.54, 1.807) is 20.8 Å². The maximum Gasteiger partial charge on any atom is 0.323 e. The lowest BCUT2D eigenvalue weighted by molar-refractivity contribution is -0.148. The van der Waals surface area contributed by atoms with Crippen LogP contribution in [0.2, 0.25) is 0 Å². The van der Waals surface area contributed by atoms with E-state index in [4.69, 9.17) is 10.8 Å². The van der Waals surface area contributed by atoms with E-state index >= 15 is 0 Å². The number of hydrogen-bond donors (Lipinski definition) is 2. The lowest BCUT2D eigenvalue weighted by Crippen LogP contribution is -2.54. The lowest BCUT2D eigenvalue weighted by atomic mass is 10.0. The van der Waals surface area contributed by atoms with E-state index in [1.807, 2.05) is 30.3 Å². The average molecular weight is 278 g/mol. The van der Waals surface area contributed by atoms with Gasteiger partial charge in [0.2, 0.25) is 5.91 Å². The van der Waals surface area contributed by atoms with Gasteiger partial charge in [0.05, 0.1) is 6.04 Å². The van der Waals surface area contributed by atoms with Gasteiger partial charge in [-0.1, -0.05) is 30.3 Å². The summed E-state index contributed by atoms with van der Waals surface area (Å²) in [5.74, 6) is -1.39. The summed E-state index contributed by atoms with van der Waals surface area (Å²) in [4.78, 5) is 24.6. The Bertz CT molecular complexity index is 466. The molecule has 0 saturated carbocycles. The molecule has 0 aliphatic carbocycles. The van der Waals surface area contributed by atoms with Crippen molar-refractivity contribution >= 4 is 11.9 Å². The zero-order chi connectivity index (χ0) is 15.3. The third-order valence-electron chi connectivity index (χ3n) is 2.98. The molecule has 1 unspecified atom stereocenters. The van der Waals surface area contributed by atoms with Crippen molar-refractivity contribution in [1.29, 1.82) is 0 Å². The van der Waals surface area contributed by atoms with Crippen molar-refractivity contribution < 1.29 is 14.7 Å². The Morgan fingerprint density at radius 2 is 1.80 bits per heavy atom. The van der Waals surface area contributed by atoms with E-state index in [9.17, 15) is 9.59 Å². The zero-order valence-electron chi connectivity index (χ0n) is 12.2. The number of hydrogen-bond acceptors (Lipinski definition) is 3. The van der Waals surface area contributed by atoms with Crippen LogP contribution in [-0.4, -0.2) is 40.0 Å². The SMILES string of the molecule is CC(C)(C)N(CC(=O)O)C(=O)C(N)Cc1ccccc1. The molecule has 1 rings (SSSR count). The third kappa shape index (κ3) is 4.66. The number of benzene rings is 1. The molecular formula is C15H22N2O3. The highest BCUT2D eigenvalue weighted by Crippen LogP contribution is 2.15. The van der Waals surface area contributed by atoms with Gasteiger partial charge in [0.25, 0.3) is 0 Å². The summed E-state index contributed by atoms with van der Waals surface area (Å²) in [5, 5.41) is 8.93. The lowest BCUT2D eigenvalue weighted by Gasteiger charge is -2.36. The van der Waals surface area contributed by atoms with Gasteiger partial charge in [0.1, 0.15) is 6.54 Å². The van der Waals surface area contributed by atoms with Gasteiger partial charge in [-0.3, -0.25) is 9.59 Å². The molecule has 0 heterocycles. The summed E-state index contributed by atoms with van der Waals surface area (Å²) in [6, 6.07) is 8.70. The Morgan fingerprint density at radius 1 is 1.25 bits per heavy atom. The normalized spacial score (nSPS) is 12.8. The van der Waals surface area contributed by atoms with Crippen LogP contribution in [0.15, 0.2) is 30.3 Å². The highest BCUT2D eigenvalue weighted by atomic mass is 16.4. The number of nitrogens with two attached hydrogens (primary N) is 1. The van der Waals surface area contributed by atoms with Gasteiger partial charge in [-0.05, 0) is 32.8 Å². The quantitative estimate of drug-likeness (QED) is 0.849. The van der Waals surface area contributed by atoms with Crippen LogP contribution in [0.5, 0.6) is 0 Å². The Balaban J connectivity index is 2.81. The fraction of sp³-hybridized carbons (Fsp3) is 0.467. The number of rotatable bonds is 5. The molecule has 1 aromatic rings. The second-order valence-electron chi connectivity index (χ2n) is 5.79. The summed E-state index contributed by atoms with van der Waals surface area (Å²) in [5.41, 5.74) is 6.31. The summed E-state index contributed by atoms with van der Waals surface area (Å²) in [6.07, 6.45) is 0.395. The van der Waals surface area contributed by atoms with Crippen LogP contribution in [0.25, 0.3) is 0 Å². The van der Waals surface area contributed by atoms with Crippen LogP contribution in [0.1, 0.15) is 26.3 Å². The molecule has 1 atom stereocenters. The molecule has 20 heavy (non-hydrogen) atoms. The third-order valence-corrected chi connectivity index (χ3v) is 2.98. The number of carbonyl (C=O) groups is 2. The summed E-state index contributed by atoms with van der Waals surface area (Å²) in [6.45, 7) is 5.04. The fourth-order valence-corrected chi connectivity index (χ4v) is 1.94. The minimum atomic E-state index is -1.04. The van der Waals surface area contributed by atoms with Gasteiger partial charge >= 0.3 is 5.97 Å². The van der Waals surface area contributed by atoms with Crippen LogP contribution >= 0.6 is 0 Å². The van der Waals surface area contributed by atoms with Crippen LogP contribution in [-0.2, 0) is 16.0 Å². The van der Waals surface area contributed by atoms with E-state index in [0.29, 0.717) is 6.42 Å². The van der Waals surface area contributed by atoms with Gasteiger partial charge in [-0.25, -0.2) is 0 Å². The molecule has 0 fully saturated rings. The minimum absolute atomic E-state index is 0.342. The number of carboxylic acid groups (broad SMARTS) is 1. The molecule has 1 aromatic carbocycles. The molecule has 0 aromatic heterocycles. The predicted molar refractivity (Wildman–Crippen MR) is 77.2 cm³/mol. The highest BCUT2D eigenvalue weighted by molar-refractivity contribution is 5.86. The topological polar surface area (TPSA) is 83.6 Å². The standard InChI is InChI=1S/C15H22N2O3/c1-15(2,3)17(10-13(18)19)14(20)12(16)9-11-7-5-4-6-8-11/h4-8,12H,9-10,16H2,1-3H3,(H,18,19). The Hall–Kier alpha value is -1.88. The first-order chi connectivity index (χ1) is 9.21. The van der Waals surface area contributed by atoms with Crippen molar-refractivity contribution in [2.75, 3.05) is 6.54 Å². The molecule has 110 valence electrons. The number of nitrogens with zero attached hydrogens (tertiary/aromatic N) is 1. The zero-order valence-corrected chi connectivity index (χ0v) is 12.2. The molecule has 0 bridgehead atoms. The first-order valence-electron chi connectivity index (χ1n) is 6.54. The van der Waals surface area contributed by atoms with E-state index < -0.39 is 17.6 Å². The molecule has 0 spiro atoms. The maximum absolute atomic E-state index is 12.4. The van der Waals surface area contributed by atoms with Crippen LogP contribution in [0, 0.1) is 0 Å². The fourth-order valence-electron chi connectivity index (χ4n) is 1.94. The van der Waals surface area contributed by atoms with E-state index in [0.717, 1.165) is 5.56 Å². The molecule has 1 amide bonds. The Morgan fingerprint density at radius 3 is 2.25 bits per heavy atom. The van der Waals surface area contributed by atoms with Crippen molar-refractivity contribution in [1.82, 2.24) is 4.90 Å². The number of carboxylic acids is 1. The molecule has 3 N–H and O–H groups in total. The smallest absolute Gasteiger partial charge is 0.323 e. The van der Waals surface area contributed by atoms with Crippen LogP contribution in [0.3, 0.4) is 0 Å². The molecule has 5 heteroatoms. The average Bonchev–Trinajstić information content (AvgIpc) is 2.34. The second kappa shape index (κ2) is 6.52. The van der Waals surface area contributed by atoms with E-state index in [1.165, 1.54) is 4.90 Å². The number of amides is 1. The van der Waals surface area contributed by atoms with Crippen molar-refractivity contribution in [3.05, 3.63) is 35.9 Å². The molecule has 0 saturated heterocycles. The van der Waals surface area contributed by atoms with Gasteiger partial charge in [0.15, 0.2) is 0 Å². The van der Waals surface area contributed by atoms with E-state index in [2.05, 4.69) is 0 Å². The minimum Gasteiger partial charge on any atom is -0.480 e. The van der Waals surface area contributed by atoms with Gasteiger partial charge in [0, 0.05) is 5.54 Å². The summed E-state index contributed by atoms with van der Waals surface area (Å²) < 4.78 is 0. The first kappa shape index (κ1) is 16.2. The van der Waals surface area contributed by atoms with E-state index in [-0.39, 0.29) is 12.5 Å². The molecule has 0 radical (unpaired) electrons. The maximum atomic E-state index is 12.4. The van der Waals surface area contributed by atoms with Gasteiger partial charge in [-0.15, -0.1) is 0 Å². The Kier molecular flexibility index (Phi) is 5.27. The predicted octanol–water partition coefficient (Wildman–Crippen LogP) is 1.27. The summed E-state index contributed by atoms with van der Waals surface area (Å²) >= 11 is 0. The van der Waals surface area contributed by atoms with Crippen LogP contribution in [0.4, 0.5) is 0 Å². The molecule has 0 aliphatic rings. The molecular weight excluding hydrogens is 256 g/mol. The molecule has 5 nitrogen and oxygen atoms in total. The Labute approximate surface area is 119 Å². The largest absolute Gasteiger partial charge is 0.480 e. The van der Waals surface area contributed by atoms with Crippen molar-refractivity contribution in [2.24, 2.45) is 5.73 Å². The second-order valence-corrected chi connectivity index (χ2v) is 5.79. The van der Waals surface area contributed by atoms with Gasteiger partial charge < -0.3 is 15.7 Å². The van der Waals surface area contributed by atoms with Crippen molar-refractivity contribution in [3.8, 4) is 0 Å². The van der Waals surface area contributed by atoms with Crippen molar-refractivity contribution in [2.45, 2.75) is 38.8 Å². The first-order valence-corrected chi connectivity index (χ1v) is 6.54. The van der Waals surface area contributed by atoms with Crippen LogP contribution < -0.4 is 5.73 Å². The van der Waals surface area contributed by atoms with Crippen molar-refractivity contribution in [3.63, 3.8) is 0 Å². The number of aliphatic carboxylic acids is 1. The number of carbonyl (C=O) groups excluding carboxylic acids is 1.